The third-order valence-electron chi connectivity index (χ3n) is 4.77. The highest BCUT2D eigenvalue weighted by Crippen LogP contribution is 2.18. The van der Waals surface area contributed by atoms with Crippen LogP contribution in [0.2, 0.25) is 0 Å². The standard InChI is InChI=1S/C18H26N2O3/c21-17(15-5-2-1-3-6-15)14-19-8-10-20(11-9-19)18(22)13-16-7-4-12-23-16/h1-3,5-6,16-17,21H,4,7-14H2/t16-,17+/m1/s1. The maximum absolute atomic E-state index is 12.3. The molecule has 126 valence electrons. The number of rotatable bonds is 5. The molecule has 3 rings (SSSR count). The van der Waals surface area contributed by atoms with Gasteiger partial charge in [0.25, 0.3) is 0 Å². The number of piperazine rings is 1. The zero-order valence-corrected chi connectivity index (χ0v) is 13.6. The lowest BCUT2D eigenvalue weighted by atomic mass is 10.1. The maximum Gasteiger partial charge on any atom is 0.225 e. The summed E-state index contributed by atoms with van der Waals surface area (Å²) in [6.07, 6.45) is 2.26. The number of carbonyl (C=O) groups excluding carboxylic acids is 1. The van der Waals surface area contributed by atoms with Crippen LogP contribution in [0.5, 0.6) is 0 Å². The normalized spacial score (nSPS) is 23.9. The zero-order valence-electron chi connectivity index (χ0n) is 13.6. The minimum absolute atomic E-state index is 0.125. The second-order valence-corrected chi connectivity index (χ2v) is 6.45. The molecule has 23 heavy (non-hydrogen) atoms. The van der Waals surface area contributed by atoms with E-state index in [-0.39, 0.29) is 12.0 Å². The van der Waals surface area contributed by atoms with Crippen LogP contribution in [0.4, 0.5) is 0 Å². The molecule has 2 atom stereocenters. The van der Waals surface area contributed by atoms with Gasteiger partial charge in [0.1, 0.15) is 0 Å². The molecule has 5 nitrogen and oxygen atoms in total. The molecule has 1 N–H and O–H groups in total. The summed E-state index contributed by atoms with van der Waals surface area (Å²) in [5, 5.41) is 10.3. The van der Waals surface area contributed by atoms with E-state index in [2.05, 4.69) is 4.90 Å². The molecule has 2 saturated heterocycles. The molecule has 2 aliphatic heterocycles. The van der Waals surface area contributed by atoms with Gasteiger partial charge < -0.3 is 14.7 Å². The highest BCUT2D eigenvalue weighted by atomic mass is 16.5. The predicted molar refractivity (Wildman–Crippen MR) is 88.0 cm³/mol. The molecule has 0 aliphatic carbocycles. The SMILES string of the molecule is O=C(C[C@H]1CCCO1)N1CCN(C[C@H](O)c2ccccc2)CC1. The van der Waals surface area contributed by atoms with Crippen LogP contribution in [0, 0.1) is 0 Å². The number of carbonyl (C=O) groups is 1. The maximum atomic E-state index is 12.3. The van der Waals surface area contributed by atoms with Gasteiger partial charge in [-0.25, -0.2) is 0 Å². The number of β-amino-alcohol motifs (C(OH)–C–C–N with tert-alkyl or cyclic N) is 1. The second-order valence-electron chi connectivity index (χ2n) is 6.45. The van der Waals surface area contributed by atoms with Crippen LogP contribution in [0.3, 0.4) is 0 Å². The van der Waals surface area contributed by atoms with Gasteiger partial charge in [0, 0.05) is 39.3 Å². The topological polar surface area (TPSA) is 53.0 Å². The van der Waals surface area contributed by atoms with Crippen LogP contribution in [0.1, 0.15) is 30.9 Å². The number of amides is 1. The summed E-state index contributed by atoms with van der Waals surface area (Å²) in [6.45, 7) is 4.54. The molecule has 2 aliphatic rings. The van der Waals surface area contributed by atoms with Crippen molar-refractivity contribution < 1.29 is 14.6 Å². The summed E-state index contributed by atoms with van der Waals surface area (Å²) in [6, 6.07) is 9.74. The minimum atomic E-state index is -0.467. The van der Waals surface area contributed by atoms with Crippen molar-refractivity contribution in [3.05, 3.63) is 35.9 Å². The fraction of sp³-hybridized carbons (Fsp3) is 0.611. The van der Waals surface area contributed by atoms with Gasteiger partial charge in [-0.05, 0) is 18.4 Å². The Balaban J connectivity index is 1.42. The molecule has 0 unspecified atom stereocenters. The minimum Gasteiger partial charge on any atom is -0.387 e. The summed E-state index contributed by atoms with van der Waals surface area (Å²) in [5.41, 5.74) is 0.949. The molecule has 5 heteroatoms. The fourth-order valence-corrected chi connectivity index (χ4v) is 3.33. The molecular formula is C18H26N2O3. The van der Waals surface area contributed by atoms with Gasteiger partial charge >= 0.3 is 0 Å². The number of hydrogen-bond donors (Lipinski definition) is 1. The van der Waals surface area contributed by atoms with Crippen molar-refractivity contribution >= 4 is 5.91 Å². The summed E-state index contributed by atoms with van der Waals surface area (Å²) >= 11 is 0. The highest BCUT2D eigenvalue weighted by Gasteiger charge is 2.26. The molecule has 0 bridgehead atoms. The number of aliphatic hydroxyl groups excluding tert-OH is 1. The zero-order chi connectivity index (χ0) is 16.1. The number of nitrogens with zero attached hydrogens (tertiary/aromatic N) is 2. The van der Waals surface area contributed by atoms with E-state index in [9.17, 15) is 9.90 Å². The first kappa shape index (κ1) is 16.4. The molecular weight excluding hydrogens is 292 g/mol. The Kier molecular flexibility index (Phi) is 5.65. The van der Waals surface area contributed by atoms with Crippen LogP contribution in [-0.4, -0.2) is 66.2 Å². The first-order valence-electron chi connectivity index (χ1n) is 8.57. The molecule has 0 saturated carbocycles. The van der Waals surface area contributed by atoms with Gasteiger partial charge in [-0.1, -0.05) is 30.3 Å². The van der Waals surface area contributed by atoms with E-state index in [1.807, 2.05) is 35.2 Å². The molecule has 2 heterocycles. The van der Waals surface area contributed by atoms with Crippen LogP contribution in [-0.2, 0) is 9.53 Å². The van der Waals surface area contributed by atoms with E-state index in [1.54, 1.807) is 0 Å². The monoisotopic (exact) mass is 318 g/mol. The first-order valence-corrected chi connectivity index (χ1v) is 8.57. The Morgan fingerprint density at radius 2 is 1.96 bits per heavy atom. The van der Waals surface area contributed by atoms with Crippen molar-refractivity contribution in [2.75, 3.05) is 39.3 Å². The molecule has 1 amide bonds. The molecule has 0 radical (unpaired) electrons. The van der Waals surface area contributed by atoms with E-state index in [0.29, 0.717) is 13.0 Å². The van der Waals surface area contributed by atoms with Gasteiger partial charge in [-0.3, -0.25) is 9.69 Å². The summed E-state index contributed by atoms with van der Waals surface area (Å²) in [7, 11) is 0. The van der Waals surface area contributed by atoms with Crippen molar-refractivity contribution in [1.29, 1.82) is 0 Å². The average Bonchev–Trinajstić information content (AvgIpc) is 3.09. The Bertz CT molecular complexity index is 494. The quantitative estimate of drug-likeness (QED) is 0.892. The van der Waals surface area contributed by atoms with Crippen molar-refractivity contribution in [3.8, 4) is 0 Å². The Labute approximate surface area is 137 Å². The number of hydrogen-bond acceptors (Lipinski definition) is 4. The number of benzene rings is 1. The van der Waals surface area contributed by atoms with E-state index in [4.69, 9.17) is 4.74 Å². The summed E-state index contributed by atoms with van der Waals surface area (Å²) in [5.74, 6) is 0.208. The average molecular weight is 318 g/mol. The molecule has 1 aromatic rings. The van der Waals surface area contributed by atoms with Gasteiger partial charge in [0.05, 0.1) is 18.6 Å². The van der Waals surface area contributed by atoms with Crippen molar-refractivity contribution in [3.63, 3.8) is 0 Å². The number of ether oxygens (including phenoxy) is 1. The van der Waals surface area contributed by atoms with E-state index in [0.717, 1.165) is 51.2 Å². The van der Waals surface area contributed by atoms with Crippen LogP contribution < -0.4 is 0 Å². The van der Waals surface area contributed by atoms with Crippen LogP contribution in [0.25, 0.3) is 0 Å². The lowest BCUT2D eigenvalue weighted by Gasteiger charge is -2.36. The van der Waals surface area contributed by atoms with Crippen LogP contribution in [0.15, 0.2) is 30.3 Å². The van der Waals surface area contributed by atoms with Crippen molar-refractivity contribution in [2.24, 2.45) is 0 Å². The smallest absolute Gasteiger partial charge is 0.225 e. The van der Waals surface area contributed by atoms with E-state index in [1.165, 1.54) is 0 Å². The number of aliphatic hydroxyl groups is 1. The Hall–Kier alpha value is -1.43. The largest absolute Gasteiger partial charge is 0.387 e. The molecule has 0 aromatic heterocycles. The molecule has 1 aromatic carbocycles. The van der Waals surface area contributed by atoms with Gasteiger partial charge in [0.2, 0.25) is 5.91 Å². The highest BCUT2D eigenvalue weighted by molar-refractivity contribution is 5.76. The fourth-order valence-electron chi connectivity index (χ4n) is 3.33. The third kappa shape index (κ3) is 4.53. The van der Waals surface area contributed by atoms with Gasteiger partial charge in [-0.2, -0.15) is 0 Å². The molecule has 0 spiro atoms. The van der Waals surface area contributed by atoms with E-state index < -0.39 is 6.10 Å². The van der Waals surface area contributed by atoms with Gasteiger partial charge in [0.15, 0.2) is 0 Å². The molecule has 2 fully saturated rings. The Morgan fingerprint density at radius 1 is 1.22 bits per heavy atom. The lowest BCUT2D eigenvalue weighted by Crippen LogP contribution is -2.50. The Morgan fingerprint density at radius 3 is 2.61 bits per heavy atom. The van der Waals surface area contributed by atoms with Crippen molar-refractivity contribution in [2.45, 2.75) is 31.5 Å². The lowest BCUT2D eigenvalue weighted by molar-refractivity contribution is -0.135. The predicted octanol–water partition coefficient (Wildman–Crippen LogP) is 1.43. The van der Waals surface area contributed by atoms with Crippen molar-refractivity contribution in [1.82, 2.24) is 9.80 Å². The van der Waals surface area contributed by atoms with E-state index >= 15 is 0 Å². The summed E-state index contributed by atoms with van der Waals surface area (Å²) in [4.78, 5) is 16.4. The van der Waals surface area contributed by atoms with Crippen LogP contribution >= 0.6 is 0 Å². The van der Waals surface area contributed by atoms with Gasteiger partial charge in [-0.15, -0.1) is 0 Å². The summed E-state index contributed by atoms with van der Waals surface area (Å²) < 4.78 is 5.55. The second kappa shape index (κ2) is 7.90. The third-order valence-corrected chi connectivity index (χ3v) is 4.77. The first-order chi connectivity index (χ1) is 11.2.